The van der Waals surface area contributed by atoms with Gasteiger partial charge in [0.25, 0.3) is 0 Å². The normalized spacial score (nSPS) is 25.7. The number of rotatable bonds is 9. The van der Waals surface area contributed by atoms with Crippen LogP contribution in [0.1, 0.15) is 50.5 Å². The largest absolute Gasteiger partial charge is 0.391 e. The summed E-state index contributed by atoms with van der Waals surface area (Å²) in [5.41, 5.74) is 6.45. The molecule has 4 N–H and O–H groups in total. The Balaban J connectivity index is 1.65. The topological polar surface area (TPSA) is 96.0 Å². The lowest BCUT2D eigenvalue weighted by atomic mass is 9.72. The Labute approximate surface area is 217 Å². The van der Waals surface area contributed by atoms with E-state index in [0.717, 1.165) is 31.4 Å². The molecule has 5 unspecified atom stereocenters. The number of aliphatic hydroxyl groups excluding tert-OH is 1. The van der Waals surface area contributed by atoms with Gasteiger partial charge in [-0.2, -0.15) is 0 Å². The first-order valence-corrected chi connectivity index (χ1v) is 13.2. The number of aliphatic hydroxyl groups is 2. The van der Waals surface area contributed by atoms with E-state index in [1.54, 1.807) is 7.11 Å². The quantitative estimate of drug-likeness (QED) is 0.439. The number of halogens is 2. The summed E-state index contributed by atoms with van der Waals surface area (Å²) in [6.07, 6.45) is 3.52. The Kier molecular flexibility index (Phi) is 8.95. The van der Waals surface area contributed by atoms with Gasteiger partial charge in [-0.05, 0) is 73.8 Å². The van der Waals surface area contributed by atoms with Crippen LogP contribution in [0.5, 0.6) is 0 Å². The fourth-order valence-electron chi connectivity index (χ4n) is 6.05. The van der Waals surface area contributed by atoms with E-state index < -0.39 is 29.4 Å². The second-order valence-corrected chi connectivity index (χ2v) is 10.6. The van der Waals surface area contributed by atoms with Crippen molar-refractivity contribution in [3.05, 3.63) is 59.7 Å². The first kappa shape index (κ1) is 27.6. The van der Waals surface area contributed by atoms with Gasteiger partial charge in [0, 0.05) is 44.7 Å². The summed E-state index contributed by atoms with van der Waals surface area (Å²) in [5, 5.41) is 22.5. The van der Waals surface area contributed by atoms with Crippen molar-refractivity contribution in [2.45, 2.75) is 62.7 Å². The maximum Gasteiger partial charge on any atom is 0.225 e. The highest BCUT2D eigenvalue weighted by atomic mass is 19.2. The summed E-state index contributed by atoms with van der Waals surface area (Å²) < 4.78 is 33.0. The highest BCUT2D eigenvalue weighted by Crippen LogP contribution is 2.44. The van der Waals surface area contributed by atoms with E-state index >= 15 is 0 Å². The van der Waals surface area contributed by atoms with Crippen LogP contribution in [-0.2, 0) is 15.1 Å². The van der Waals surface area contributed by atoms with Crippen LogP contribution in [0, 0.1) is 23.5 Å². The van der Waals surface area contributed by atoms with Crippen molar-refractivity contribution in [2.24, 2.45) is 17.6 Å². The molecule has 0 spiro atoms. The Morgan fingerprint density at radius 3 is 2.65 bits per heavy atom. The first-order chi connectivity index (χ1) is 17.7. The lowest BCUT2D eigenvalue weighted by molar-refractivity contribution is -0.141. The van der Waals surface area contributed by atoms with Crippen LogP contribution in [0.15, 0.2) is 42.5 Å². The fourth-order valence-corrected chi connectivity index (χ4v) is 6.05. The number of methoxy groups -OCH3 is 1. The molecule has 4 rings (SSSR count). The molecule has 6 nitrogen and oxygen atoms in total. The number of benzene rings is 2. The Bertz CT molecular complexity index is 1070. The van der Waals surface area contributed by atoms with Gasteiger partial charge >= 0.3 is 0 Å². The van der Waals surface area contributed by atoms with Crippen LogP contribution in [0.3, 0.4) is 0 Å². The first-order valence-electron chi connectivity index (χ1n) is 13.2. The number of carbonyl (C=O) groups excluding carboxylic acids is 1. The number of likely N-dealkylation sites (tertiary alicyclic amines) is 1. The van der Waals surface area contributed by atoms with E-state index in [-0.39, 0.29) is 17.7 Å². The number of hydrogen-bond donors (Lipinski definition) is 3. The number of carbonyl (C=O) groups is 1. The second-order valence-electron chi connectivity index (χ2n) is 10.6. The van der Waals surface area contributed by atoms with Gasteiger partial charge in [0.1, 0.15) is 0 Å². The van der Waals surface area contributed by atoms with E-state index in [1.165, 1.54) is 6.07 Å². The molecule has 1 amide bonds. The Morgan fingerprint density at radius 2 is 1.95 bits per heavy atom. The SMILES string of the molecule is COCCCCC(O)(c1ccccc1-c1ccc(F)c(F)c1)C1CCCN(C(=O)C2CC(N)C(O)C2)C1. The standard InChI is InChI=1S/C29H38F2N2O4/c1-37-14-5-4-12-29(36,23-9-3-2-8-22(23)19-10-11-24(30)25(31)15-19)21-7-6-13-33(18-21)28(35)20-16-26(32)27(34)17-20/h2-3,8-11,15,20-21,26-27,34,36H,4-7,12-14,16-18,32H2,1H3. The summed E-state index contributed by atoms with van der Waals surface area (Å²) in [6, 6.07) is 10.7. The molecule has 1 saturated heterocycles. The molecule has 1 aliphatic carbocycles. The van der Waals surface area contributed by atoms with Crippen molar-refractivity contribution in [1.82, 2.24) is 4.90 Å². The van der Waals surface area contributed by atoms with Crippen LogP contribution in [0.2, 0.25) is 0 Å². The van der Waals surface area contributed by atoms with Gasteiger partial charge < -0.3 is 25.6 Å². The molecule has 8 heteroatoms. The van der Waals surface area contributed by atoms with E-state index in [0.29, 0.717) is 62.1 Å². The summed E-state index contributed by atoms with van der Waals surface area (Å²) in [5.74, 6) is -2.45. The average Bonchev–Trinajstić information content (AvgIpc) is 3.25. The van der Waals surface area contributed by atoms with Crippen molar-refractivity contribution >= 4 is 5.91 Å². The lowest BCUT2D eigenvalue weighted by Crippen LogP contribution is -2.49. The third-order valence-electron chi connectivity index (χ3n) is 8.12. The summed E-state index contributed by atoms with van der Waals surface area (Å²) in [7, 11) is 1.64. The highest BCUT2D eigenvalue weighted by molar-refractivity contribution is 5.79. The van der Waals surface area contributed by atoms with Crippen molar-refractivity contribution in [3.63, 3.8) is 0 Å². The van der Waals surface area contributed by atoms with Gasteiger partial charge in [-0.1, -0.05) is 30.3 Å². The van der Waals surface area contributed by atoms with E-state index in [4.69, 9.17) is 10.5 Å². The molecule has 2 fully saturated rings. The number of hydrogen-bond acceptors (Lipinski definition) is 5. The minimum Gasteiger partial charge on any atom is -0.391 e. The fraction of sp³-hybridized carbons (Fsp3) is 0.552. The van der Waals surface area contributed by atoms with Gasteiger partial charge in [-0.3, -0.25) is 4.79 Å². The molecule has 0 bridgehead atoms. The van der Waals surface area contributed by atoms with Gasteiger partial charge in [-0.15, -0.1) is 0 Å². The van der Waals surface area contributed by atoms with Crippen LogP contribution in [-0.4, -0.2) is 60.0 Å². The van der Waals surface area contributed by atoms with Crippen LogP contribution in [0.4, 0.5) is 8.78 Å². The van der Waals surface area contributed by atoms with E-state index in [9.17, 15) is 23.8 Å². The lowest BCUT2D eigenvalue weighted by Gasteiger charge is -2.44. The smallest absolute Gasteiger partial charge is 0.225 e. The van der Waals surface area contributed by atoms with Gasteiger partial charge in [-0.25, -0.2) is 8.78 Å². The van der Waals surface area contributed by atoms with E-state index in [2.05, 4.69) is 0 Å². The van der Waals surface area contributed by atoms with Crippen LogP contribution in [0.25, 0.3) is 11.1 Å². The average molecular weight is 517 g/mol. The second kappa shape index (κ2) is 12.0. The summed E-state index contributed by atoms with van der Waals surface area (Å²) in [6.45, 7) is 1.55. The van der Waals surface area contributed by atoms with E-state index in [1.807, 2.05) is 29.2 Å². The van der Waals surface area contributed by atoms with Crippen molar-refractivity contribution in [2.75, 3.05) is 26.8 Å². The van der Waals surface area contributed by atoms with Crippen molar-refractivity contribution in [1.29, 1.82) is 0 Å². The summed E-state index contributed by atoms with van der Waals surface area (Å²) >= 11 is 0. The maximum absolute atomic E-state index is 14.2. The molecule has 202 valence electrons. The molecule has 5 atom stereocenters. The zero-order chi connectivity index (χ0) is 26.6. The minimum atomic E-state index is -1.29. The van der Waals surface area contributed by atoms with Gasteiger partial charge in [0.15, 0.2) is 11.6 Å². The predicted octanol–water partition coefficient (Wildman–Crippen LogP) is 3.97. The Morgan fingerprint density at radius 1 is 1.16 bits per heavy atom. The monoisotopic (exact) mass is 516 g/mol. The minimum absolute atomic E-state index is 0.0210. The molecule has 37 heavy (non-hydrogen) atoms. The van der Waals surface area contributed by atoms with Crippen molar-refractivity contribution < 1.29 is 28.5 Å². The zero-order valence-electron chi connectivity index (χ0n) is 21.4. The summed E-state index contributed by atoms with van der Waals surface area (Å²) in [4.78, 5) is 15.2. The molecule has 0 radical (unpaired) electrons. The molecule has 2 aromatic rings. The van der Waals surface area contributed by atoms with Crippen LogP contribution >= 0.6 is 0 Å². The third kappa shape index (κ3) is 6.03. The zero-order valence-corrected chi connectivity index (χ0v) is 21.4. The highest BCUT2D eigenvalue weighted by Gasteiger charge is 2.44. The Hall–Kier alpha value is -2.39. The number of piperidine rings is 1. The molecular formula is C29H38F2N2O4. The van der Waals surface area contributed by atoms with Crippen LogP contribution < -0.4 is 5.73 Å². The number of nitrogens with zero attached hydrogens (tertiary/aromatic N) is 1. The van der Waals surface area contributed by atoms with Crippen molar-refractivity contribution in [3.8, 4) is 11.1 Å². The number of ether oxygens (including phenoxy) is 1. The molecule has 1 saturated carbocycles. The molecule has 2 aliphatic rings. The maximum atomic E-state index is 14.2. The number of amides is 1. The molecular weight excluding hydrogens is 478 g/mol. The molecule has 1 heterocycles. The third-order valence-corrected chi connectivity index (χ3v) is 8.12. The number of unbranched alkanes of at least 4 members (excludes halogenated alkanes) is 1. The molecule has 1 aliphatic heterocycles. The number of nitrogens with two attached hydrogens (primary N) is 1. The molecule has 0 aromatic heterocycles. The van der Waals surface area contributed by atoms with Gasteiger partial charge in [0.05, 0.1) is 11.7 Å². The predicted molar refractivity (Wildman–Crippen MR) is 137 cm³/mol. The van der Waals surface area contributed by atoms with Gasteiger partial charge in [0.2, 0.25) is 5.91 Å². The molecule has 2 aromatic carbocycles.